The minimum absolute atomic E-state index is 0.979. The molecule has 0 atom stereocenters. The molecule has 46 valence electrons. The average molecular weight is 114 g/mol. The summed E-state index contributed by atoms with van der Waals surface area (Å²) in [6.45, 7) is 1.94. The molecule has 4 heteroatoms. The molecule has 8 heavy (non-hydrogen) atoms. The molecule has 0 saturated heterocycles. The Labute approximate surface area is 48.7 Å². The van der Waals surface area contributed by atoms with Crippen molar-refractivity contribution in [2.45, 2.75) is 6.92 Å². The van der Waals surface area contributed by atoms with E-state index >= 15 is 0 Å². The number of rotatable bonds is 0. The Balaban J connectivity index is 2.59. The first-order valence-electron chi connectivity index (χ1n) is 2.49. The van der Waals surface area contributed by atoms with Gasteiger partial charge < -0.3 is 0 Å². The summed E-state index contributed by atoms with van der Waals surface area (Å²) in [5.74, 6) is 0.979. The first-order chi connectivity index (χ1) is 3.72. The summed E-state index contributed by atoms with van der Waals surface area (Å²) in [5, 5.41) is 7.63. The van der Waals surface area contributed by atoms with E-state index in [1.54, 1.807) is 5.12 Å². The van der Waals surface area contributed by atoms with Gasteiger partial charge in [-0.15, -0.1) is 10.2 Å². The first-order valence-corrected chi connectivity index (χ1v) is 2.49. The second-order valence-corrected chi connectivity index (χ2v) is 1.81. The quantitative estimate of drug-likeness (QED) is 0.465. The minimum Gasteiger partial charge on any atom is -0.276 e. The second-order valence-electron chi connectivity index (χ2n) is 1.81. The lowest BCUT2D eigenvalue weighted by Crippen LogP contribution is -2.38. The number of nitrogens with one attached hydrogen (secondary N) is 1. The maximum Gasteiger partial charge on any atom is 0.138 e. The molecular weight excluding hydrogens is 104 g/mol. The van der Waals surface area contributed by atoms with E-state index < -0.39 is 0 Å². The summed E-state index contributed by atoms with van der Waals surface area (Å²) < 4.78 is 0. The zero-order chi connectivity index (χ0) is 6.15. The van der Waals surface area contributed by atoms with Crippen LogP contribution in [0.25, 0.3) is 0 Å². The van der Waals surface area contributed by atoms with Crippen molar-refractivity contribution >= 4 is 5.84 Å². The van der Waals surface area contributed by atoms with E-state index in [2.05, 4.69) is 10.6 Å². The SMILES string of the molecule is CC1=NNN(C)N1C. The standard InChI is InChI=1S/C4H10N4/c1-4-5-6-8(3)7(4)2/h6H,1-3H3. The highest BCUT2D eigenvalue weighted by atomic mass is 15.9. The van der Waals surface area contributed by atoms with E-state index in [0.29, 0.717) is 0 Å². The van der Waals surface area contributed by atoms with Crippen LogP contribution in [0.3, 0.4) is 0 Å². The van der Waals surface area contributed by atoms with Gasteiger partial charge in [0.05, 0.1) is 0 Å². The smallest absolute Gasteiger partial charge is 0.138 e. The highest BCUT2D eigenvalue weighted by molar-refractivity contribution is 5.79. The molecule has 0 aromatic rings. The van der Waals surface area contributed by atoms with Crippen LogP contribution >= 0.6 is 0 Å². The summed E-state index contributed by atoms with van der Waals surface area (Å²) in [4.78, 5) is 0. The predicted molar refractivity (Wildman–Crippen MR) is 31.8 cm³/mol. The van der Waals surface area contributed by atoms with E-state index in [1.807, 2.05) is 26.0 Å². The molecule has 1 aliphatic heterocycles. The molecule has 1 rings (SSSR count). The van der Waals surface area contributed by atoms with Crippen LogP contribution in [0.1, 0.15) is 6.92 Å². The Morgan fingerprint density at radius 1 is 1.50 bits per heavy atom. The third-order valence-electron chi connectivity index (χ3n) is 1.27. The van der Waals surface area contributed by atoms with Crippen LogP contribution in [0.4, 0.5) is 0 Å². The van der Waals surface area contributed by atoms with E-state index in [-0.39, 0.29) is 0 Å². The molecule has 4 nitrogen and oxygen atoms in total. The molecule has 0 unspecified atom stereocenters. The Hall–Kier alpha value is -0.770. The van der Waals surface area contributed by atoms with Gasteiger partial charge in [-0.2, -0.15) is 0 Å². The van der Waals surface area contributed by atoms with E-state index in [4.69, 9.17) is 0 Å². The third-order valence-corrected chi connectivity index (χ3v) is 1.27. The third kappa shape index (κ3) is 0.626. The largest absolute Gasteiger partial charge is 0.276 e. The van der Waals surface area contributed by atoms with Crippen LogP contribution in [0.2, 0.25) is 0 Å². The molecule has 0 spiro atoms. The summed E-state index contributed by atoms with van der Waals surface area (Å²) in [5.41, 5.74) is 2.77. The lowest BCUT2D eigenvalue weighted by Gasteiger charge is -2.18. The second kappa shape index (κ2) is 1.63. The van der Waals surface area contributed by atoms with E-state index in [9.17, 15) is 0 Å². The number of hydrazone groups is 1. The Morgan fingerprint density at radius 2 is 2.12 bits per heavy atom. The predicted octanol–water partition coefficient (Wildman–Crippen LogP) is -0.383. The van der Waals surface area contributed by atoms with Gasteiger partial charge in [0.1, 0.15) is 5.84 Å². The lowest BCUT2D eigenvalue weighted by molar-refractivity contribution is 0.0722. The molecule has 0 saturated carbocycles. The molecule has 0 amide bonds. The highest BCUT2D eigenvalue weighted by Crippen LogP contribution is 1.95. The molecule has 1 heterocycles. The van der Waals surface area contributed by atoms with Gasteiger partial charge in [0, 0.05) is 14.1 Å². The molecule has 0 radical (unpaired) electrons. The Bertz CT molecular complexity index is 119. The van der Waals surface area contributed by atoms with Gasteiger partial charge in [0.25, 0.3) is 0 Å². The lowest BCUT2D eigenvalue weighted by atomic mass is 10.7. The fraction of sp³-hybridized carbons (Fsp3) is 0.750. The molecule has 0 aliphatic carbocycles. The van der Waals surface area contributed by atoms with Crippen molar-refractivity contribution in [1.29, 1.82) is 0 Å². The summed E-state index contributed by atoms with van der Waals surface area (Å²) >= 11 is 0. The van der Waals surface area contributed by atoms with Crippen molar-refractivity contribution in [1.82, 2.24) is 15.7 Å². The van der Waals surface area contributed by atoms with Crippen molar-refractivity contribution in [2.75, 3.05) is 14.1 Å². The molecule has 1 aliphatic rings. The highest BCUT2D eigenvalue weighted by Gasteiger charge is 2.11. The molecule has 1 N–H and O–H groups in total. The monoisotopic (exact) mass is 114 g/mol. The molecule has 0 aromatic heterocycles. The first kappa shape index (κ1) is 5.37. The van der Waals surface area contributed by atoms with Gasteiger partial charge in [-0.3, -0.25) is 5.01 Å². The Kier molecular flexibility index (Phi) is 1.09. The average Bonchev–Trinajstić information content (AvgIpc) is 1.98. The summed E-state index contributed by atoms with van der Waals surface area (Å²) in [7, 11) is 3.85. The number of hydrazine groups is 2. The number of hydrogen-bond donors (Lipinski definition) is 1. The summed E-state index contributed by atoms with van der Waals surface area (Å²) in [6, 6.07) is 0. The maximum atomic E-state index is 3.92. The van der Waals surface area contributed by atoms with Crippen LogP contribution in [-0.2, 0) is 0 Å². The van der Waals surface area contributed by atoms with Crippen LogP contribution < -0.4 is 5.53 Å². The van der Waals surface area contributed by atoms with Crippen molar-refractivity contribution in [2.24, 2.45) is 5.10 Å². The zero-order valence-electron chi connectivity index (χ0n) is 5.34. The number of amidine groups is 1. The van der Waals surface area contributed by atoms with Crippen molar-refractivity contribution in [3.63, 3.8) is 0 Å². The normalized spacial score (nSPS) is 20.9. The van der Waals surface area contributed by atoms with Crippen molar-refractivity contribution in [3.05, 3.63) is 0 Å². The van der Waals surface area contributed by atoms with Crippen LogP contribution in [-0.4, -0.2) is 30.1 Å². The minimum atomic E-state index is 0.979. The Morgan fingerprint density at radius 3 is 2.25 bits per heavy atom. The van der Waals surface area contributed by atoms with Gasteiger partial charge in [-0.25, -0.2) is 5.53 Å². The number of hydrogen-bond acceptors (Lipinski definition) is 4. The van der Waals surface area contributed by atoms with Gasteiger partial charge >= 0.3 is 0 Å². The maximum absolute atomic E-state index is 3.92. The van der Waals surface area contributed by atoms with Crippen LogP contribution in [0.15, 0.2) is 5.10 Å². The molecule has 0 fully saturated rings. The topological polar surface area (TPSA) is 30.9 Å². The van der Waals surface area contributed by atoms with Gasteiger partial charge in [-0.1, -0.05) is 0 Å². The van der Waals surface area contributed by atoms with Gasteiger partial charge in [0.15, 0.2) is 0 Å². The zero-order valence-corrected chi connectivity index (χ0v) is 5.34. The molecule has 0 aromatic carbocycles. The van der Waals surface area contributed by atoms with Gasteiger partial charge in [-0.05, 0) is 6.92 Å². The van der Waals surface area contributed by atoms with Crippen LogP contribution in [0.5, 0.6) is 0 Å². The molecular formula is C4H10N4. The van der Waals surface area contributed by atoms with Gasteiger partial charge in [0.2, 0.25) is 0 Å². The number of nitrogens with zero attached hydrogens (tertiary/aromatic N) is 3. The van der Waals surface area contributed by atoms with Crippen molar-refractivity contribution in [3.8, 4) is 0 Å². The van der Waals surface area contributed by atoms with E-state index in [0.717, 1.165) is 5.84 Å². The van der Waals surface area contributed by atoms with E-state index in [1.165, 1.54) is 0 Å². The fourth-order valence-corrected chi connectivity index (χ4v) is 0.501. The fourth-order valence-electron chi connectivity index (χ4n) is 0.501. The molecule has 0 bridgehead atoms. The van der Waals surface area contributed by atoms with Crippen molar-refractivity contribution < 1.29 is 0 Å². The summed E-state index contributed by atoms with van der Waals surface area (Å²) in [6.07, 6.45) is 0. The van der Waals surface area contributed by atoms with Crippen LogP contribution in [0, 0.1) is 0 Å².